The number of hydrogen-bond acceptors (Lipinski definition) is 0. The molecule has 0 atom stereocenters. The quantitative estimate of drug-likeness (QED) is 0.137. The molecule has 32 heteroatoms. The molecule has 0 aliphatic heterocycles. The van der Waals surface area contributed by atoms with Gasteiger partial charge in [-0.05, 0) is 0 Å². The lowest BCUT2D eigenvalue weighted by atomic mass is 11.2. The van der Waals surface area contributed by atoms with E-state index in [-0.39, 0.29) is 49.6 Å². The molecule has 0 aliphatic rings. The fourth-order valence-corrected chi connectivity index (χ4v) is 0. The van der Waals surface area contributed by atoms with Gasteiger partial charge in [0.15, 0.2) is 0 Å². The van der Waals surface area contributed by atoms with Gasteiger partial charge in [0, 0.05) is 0 Å². The second-order valence-electron chi connectivity index (χ2n) is 3.65. The molecule has 0 rings (SSSR count). The van der Waals surface area contributed by atoms with Crippen molar-refractivity contribution in [2.45, 2.75) is 25.2 Å². The number of hydrogen-bond donors (Lipinski definition) is 0. The number of quaternary nitrogens is 4. The second-order valence-corrected chi connectivity index (χ2v) is 3.65. The first-order chi connectivity index (χ1) is 13.0. The molecule has 4 nitrogen and oxygen atoms in total. The Bertz CT molecular complexity index is 368. The summed E-state index contributed by atoms with van der Waals surface area (Å²) in [4.78, 5) is 0. The van der Waals surface area contributed by atoms with Gasteiger partial charge in [0.25, 0.3) is 0 Å². The molecule has 0 aromatic carbocycles. The van der Waals surface area contributed by atoms with Gasteiger partial charge in [-0.3, -0.25) is 0 Å². The van der Waals surface area contributed by atoms with Crippen molar-refractivity contribution in [2.75, 3.05) is 0 Å². The van der Waals surface area contributed by atoms with Gasteiger partial charge < -0.3 is 49.6 Å². The van der Waals surface area contributed by atoms with Crippen LogP contribution in [0.15, 0.2) is 0 Å². The first-order valence-electron chi connectivity index (χ1n) is 5.19. The number of rotatable bonds is 0. The van der Waals surface area contributed by atoms with Crippen molar-refractivity contribution in [3.05, 3.63) is 0 Å². The number of alkyl halides is 12. The van der Waals surface area contributed by atoms with Crippen molar-refractivity contribution in [1.82, 2.24) is 0 Å². The van der Waals surface area contributed by atoms with Crippen LogP contribution < -0.4 is 49.6 Å². The molecular weight excluding hydrogens is 702 g/mol. The van der Waals surface area contributed by atoms with Crippen LogP contribution in [0, 0.1) is 0 Å². The minimum atomic E-state index is -6.12. The van der Waals surface area contributed by atoms with Crippen LogP contribution in [0.5, 0.6) is 0 Å². The monoisotopic (exact) mass is 700 g/mol. The highest BCUT2D eigenvalue weighted by Gasteiger charge is 2.67. The summed E-state index contributed by atoms with van der Waals surface area (Å²) in [5.74, 6) is 0. The fourth-order valence-electron chi connectivity index (χ4n) is 0. The van der Waals surface area contributed by atoms with Crippen molar-refractivity contribution in [2.24, 2.45) is 0 Å². The zero-order valence-corrected chi connectivity index (χ0v) is 17.4. The summed E-state index contributed by atoms with van der Waals surface area (Å²) >= 11 is 0. The maximum Gasteiger partial charge on any atom is 0.677 e. The van der Waals surface area contributed by atoms with Crippen molar-refractivity contribution < 1.29 is 177 Å². The molecule has 0 saturated carbocycles. The highest BCUT2D eigenvalue weighted by molar-refractivity contribution is 4.11. The van der Waals surface area contributed by atoms with E-state index < -0.39 is 45.8 Å². The van der Waals surface area contributed by atoms with Crippen LogP contribution in [0.1, 0.15) is 0 Å². The molecule has 0 aromatic heterocycles. The molecule has 0 bridgehead atoms. The van der Waals surface area contributed by atoms with Gasteiger partial charge in [0.05, 0.1) is 53.8 Å². The maximum atomic E-state index is 10.4. The van der Waals surface area contributed by atoms with E-state index in [1.165, 1.54) is 0 Å². The van der Waals surface area contributed by atoms with Crippen molar-refractivity contribution in [1.29, 1.82) is 0 Å². The first kappa shape index (κ1) is 55.7. The SMILES string of the molecule is FC(F)(F)[N+](F)(F)F.FC(F)(F)[N+](F)(F)F.FC(F)(F)[N+](F)(F)F.FC(F)(F)[N+](F)(F)F.[Cl-].[Cl-].[Cl-].[Cl-]. The van der Waals surface area contributed by atoms with E-state index in [4.69, 9.17) is 0 Å². The molecule has 0 unspecified atom stereocenters. The summed E-state index contributed by atoms with van der Waals surface area (Å²) in [6, 6.07) is 0. The Morgan fingerprint density at radius 2 is 0.250 bits per heavy atom. The highest BCUT2D eigenvalue weighted by atomic mass is 35.5. The highest BCUT2D eigenvalue weighted by Crippen LogP contribution is 2.34. The zero-order valence-electron chi connectivity index (χ0n) is 14.4. The summed E-state index contributed by atoms with van der Waals surface area (Å²) < 4.78 is 249. The van der Waals surface area contributed by atoms with E-state index in [2.05, 4.69) is 0 Å². The minimum absolute atomic E-state index is 0. The fraction of sp³-hybridized carbons (Fsp3) is 1.00. The Labute approximate surface area is 203 Å². The maximum absolute atomic E-state index is 10.4. The average Bonchev–Trinajstić information content (AvgIpc) is 2.30. The molecule has 0 spiro atoms. The van der Waals surface area contributed by atoms with Gasteiger partial charge in [-0.2, -0.15) is 0 Å². The Morgan fingerprint density at radius 3 is 0.250 bits per heavy atom. The second kappa shape index (κ2) is 17.0. The van der Waals surface area contributed by atoms with E-state index in [1.807, 2.05) is 0 Å². The van der Waals surface area contributed by atoms with E-state index in [0.717, 1.165) is 0 Å². The van der Waals surface area contributed by atoms with Crippen molar-refractivity contribution >= 4 is 0 Å². The number of halogens is 28. The van der Waals surface area contributed by atoms with E-state index in [9.17, 15) is 106 Å². The Hall–Kier alpha value is -0.680. The Kier molecular flexibility index (Phi) is 26.3. The van der Waals surface area contributed by atoms with E-state index in [1.54, 1.807) is 0 Å². The molecule has 0 amide bonds. The summed E-state index contributed by atoms with van der Waals surface area (Å²) in [5.41, 5.74) is 0. The topological polar surface area (TPSA) is 0 Å². The molecule has 0 N–H and O–H groups in total. The standard InChI is InChI=1S/4CF6N.4ClH/c4*2-1(3,4)8(5,6)7;;;;/h;;;;4*1H/q4*+1;;;;/p-4. The third kappa shape index (κ3) is 27.9. The Balaban J connectivity index is -0.0000000467. The predicted molar refractivity (Wildman–Crippen MR) is 38.6 cm³/mol. The molecule has 232 valence electrons. The third-order valence-electron chi connectivity index (χ3n) is 1.15. The lowest BCUT2D eigenvalue weighted by Crippen LogP contribution is -3.00. The molecule has 0 fully saturated rings. The molecule has 0 aromatic rings. The summed E-state index contributed by atoms with van der Waals surface area (Å²) in [6.45, 7) is 0. The van der Waals surface area contributed by atoms with Crippen LogP contribution in [0.2, 0.25) is 0 Å². The van der Waals surface area contributed by atoms with Crippen LogP contribution in [0.25, 0.3) is 0 Å². The van der Waals surface area contributed by atoms with Crippen LogP contribution in [0.4, 0.5) is 106 Å². The number of nitrogens with zero attached hydrogens (tertiary/aromatic N) is 4. The normalized spacial score (nSPS) is 12.7. The van der Waals surface area contributed by atoms with Gasteiger partial charge in [-0.15, -0.1) is 52.7 Å². The minimum Gasteiger partial charge on any atom is -1.00 e. The molecule has 0 aliphatic carbocycles. The van der Waals surface area contributed by atoms with Gasteiger partial charge >= 0.3 is 45.8 Å². The summed E-state index contributed by atoms with van der Waals surface area (Å²) in [5, 5.41) is -21.9. The van der Waals surface area contributed by atoms with Gasteiger partial charge in [0.2, 0.25) is 0 Å². The third-order valence-corrected chi connectivity index (χ3v) is 1.15. The van der Waals surface area contributed by atoms with Crippen LogP contribution >= 0.6 is 0 Å². The van der Waals surface area contributed by atoms with Crippen molar-refractivity contribution in [3.63, 3.8) is 0 Å². The molecule has 36 heavy (non-hydrogen) atoms. The average molecular weight is 702 g/mol. The largest absolute Gasteiger partial charge is 1.00 e. The summed E-state index contributed by atoms with van der Waals surface area (Å²) in [6.07, 6.45) is -24.5. The summed E-state index contributed by atoms with van der Waals surface area (Å²) in [7, 11) is 0. The zero-order chi connectivity index (χ0) is 28.0. The molecule has 0 saturated heterocycles. The van der Waals surface area contributed by atoms with Crippen LogP contribution in [0.3, 0.4) is 0 Å². The van der Waals surface area contributed by atoms with Crippen LogP contribution in [-0.4, -0.2) is 45.8 Å². The smallest absolute Gasteiger partial charge is 0.677 e. The molecule has 0 radical (unpaired) electrons. The molecular formula is C4Cl4F24N4. The van der Waals surface area contributed by atoms with Gasteiger partial charge in [-0.25, -0.2) is 0 Å². The van der Waals surface area contributed by atoms with E-state index in [0.29, 0.717) is 0 Å². The molecule has 0 heterocycles. The van der Waals surface area contributed by atoms with Gasteiger partial charge in [-0.1, -0.05) is 0 Å². The Morgan fingerprint density at radius 1 is 0.222 bits per heavy atom. The predicted octanol–water partition coefficient (Wildman–Crippen LogP) is -4.08. The van der Waals surface area contributed by atoms with Crippen LogP contribution in [-0.2, 0) is 0 Å². The lowest BCUT2D eigenvalue weighted by Gasteiger charge is -2.00. The van der Waals surface area contributed by atoms with Gasteiger partial charge in [0.1, 0.15) is 0 Å². The van der Waals surface area contributed by atoms with E-state index >= 15 is 0 Å². The first-order valence-corrected chi connectivity index (χ1v) is 5.19. The lowest BCUT2D eigenvalue weighted by molar-refractivity contribution is -1.33. The van der Waals surface area contributed by atoms with Crippen molar-refractivity contribution in [3.8, 4) is 0 Å².